The molecule has 3 heterocycles. The number of aryl methyl sites for hydroxylation is 1. The molecule has 30 heavy (non-hydrogen) atoms. The topological polar surface area (TPSA) is 115 Å². The van der Waals surface area contributed by atoms with E-state index in [1.165, 1.54) is 30.9 Å². The van der Waals surface area contributed by atoms with Crippen molar-refractivity contribution in [3.05, 3.63) is 92.5 Å². The summed E-state index contributed by atoms with van der Waals surface area (Å²) >= 11 is 0. The Morgan fingerprint density at radius 2 is 2.00 bits per heavy atom. The zero-order valence-corrected chi connectivity index (χ0v) is 16.3. The van der Waals surface area contributed by atoms with E-state index in [4.69, 9.17) is 0 Å². The highest BCUT2D eigenvalue weighted by Crippen LogP contribution is 2.10. The van der Waals surface area contributed by atoms with Crippen molar-refractivity contribution in [3.8, 4) is 0 Å². The molecule has 152 valence electrons. The minimum atomic E-state index is -0.309. The van der Waals surface area contributed by atoms with Crippen LogP contribution in [0.3, 0.4) is 0 Å². The lowest BCUT2D eigenvalue weighted by molar-refractivity contribution is 0.0951. The van der Waals surface area contributed by atoms with Crippen LogP contribution in [0.15, 0.2) is 64.7 Å². The molecule has 0 bridgehead atoms. The van der Waals surface area contributed by atoms with Gasteiger partial charge in [0.05, 0.1) is 24.8 Å². The molecule has 4 aromatic rings. The summed E-state index contributed by atoms with van der Waals surface area (Å²) in [6.07, 6.45) is 4.39. The van der Waals surface area contributed by atoms with Crippen LogP contribution in [0.2, 0.25) is 0 Å². The van der Waals surface area contributed by atoms with Crippen LogP contribution < -0.4 is 16.4 Å². The molecule has 0 saturated carbocycles. The van der Waals surface area contributed by atoms with Crippen LogP contribution in [0.25, 0.3) is 11.0 Å². The molecule has 0 spiro atoms. The number of aromatic amines is 1. The molecule has 4 rings (SSSR count). The Hall–Kier alpha value is -4.01. The Kier molecular flexibility index (Phi) is 5.25. The van der Waals surface area contributed by atoms with E-state index >= 15 is 0 Å². The summed E-state index contributed by atoms with van der Waals surface area (Å²) < 4.78 is 3.15. The van der Waals surface area contributed by atoms with Crippen LogP contribution in [0.5, 0.6) is 0 Å². The maximum atomic E-state index is 12.8. The van der Waals surface area contributed by atoms with Crippen molar-refractivity contribution in [2.75, 3.05) is 6.54 Å². The van der Waals surface area contributed by atoms with E-state index in [-0.39, 0.29) is 17.0 Å². The van der Waals surface area contributed by atoms with E-state index in [9.17, 15) is 14.4 Å². The van der Waals surface area contributed by atoms with E-state index in [0.717, 1.165) is 11.1 Å². The van der Waals surface area contributed by atoms with Crippen molar-refractivity contribution >= 4 is 16.9 Å². The Labute approximate surface area is 171 Å². The highest BCUT2D eigenvalue weighted by molar-refractivity contribution is 5.93. The minimum Gasteiger partial charge on any atom is -0.350 e. The van der Waals surface area contributed by atoms with Crippen LogP contribution in [-0.4, -0.2) is 36.8 Å². The monoisotopic (exact) mass is 404 g/mol. The van der Waals surface area contributed by atoms with Crippen molar-refractivity contribution in [1.29, 1.82) is 0 Å². The average molecular weight is 404 g/mol. The molecule has 9 nitrogen and oxygen atoms in total. The van der Waals surface area contributed by atoms with Gasteiger partial charge in [0, 0.05) is 18.8 Å². The van der Waals surface area contributed by atoms with Gasteiger partial charge in [0.1, 0.15) is 11.7 Å². The molecular formula is C21H20N6O3. The fraction of sp³-hybridized carbons (Fsp3) is 0.190. The lowest BCUT2D eigenvalue weighted by Gasteiger charge is -2.09. The first-order valence-electron chi connectivity index (χ1n) is 9.45. The lowest BCUT2D eigenvalue weighted by atomic mass is 10.1. The molecule has 3 aromatic heterocycles. The van der Waals surface area contributed by atoms with E-state index in [1.54, 1.807) is 9.25 Å². The maximum absolute atomic E-state index is 12.8. The summed E-state index contributed by atoms with van der Waals surface area (Å²) in [6.45, 7) is 3.09. The molecule has 0 aliphatic rings. The average Bonchev–Trinajstić information content (AvgIpc) is 3.16. The molecule has 2 N–H and O–H groups in total. The van der Waals surface area contributed by atoms with Crippen LogP contribution in [0, 0.1) is 6.92 Å². The number of nitrogens with one attached hydrogen (secondary N) is 2. The van der Waals surface area contributed by atoms with Crippen LogP contribution in [0.4, 0.5) is 0 Å². The Morgan fingerprint density at radius 3 is 2.77 bits per heavy atom. The number of hydrogen-bond donors (Lipinski definition) is 2. The first kappa shape index (κ1) is 19.3. The number of amides is 1. The second-order valence-electron chi connectivity index (χ2n) is 6.91. The molecule has 0 atom stereocenters. The van der Waals surface area contributed by atoms with E-state index in [1.807, 2.05) is 31.2 Å². The second-order valence-corrected chi connectivity index (χ2v) is 6.91. The first-order valence-corrected chi connectivity index (χ1v) is 9.45. The van der Waals surface area contributed by atoms with E-state index < -0.39 is 0 Å². The zero-order chi connectivity index (χ0) is 21.1. The van der Waals surface area contributed by atoms with Gasteiger partial charge in [-0.3, -0.25) is 19.0 Å². The predicted molar refractivity (Wildman–Crippen MR) is 111 cm³/mol. The Bertz CT molecular complexity index is 1310. The third kappa shape index (κ3) is 3.90. The van der Waals surface area contributed by atoms with Gasteiger partial charge in [-0.1, -0.05) is 24.3 Å². The summed E-state index contributed by atoms with van der Waals surface area (Å²) in [5, 5.41) is 7.43. The number of rotatable bonds is 6. The second kappa shape index (κ2) is 8.16. The fourth-order valence-electron chi connectivity index (χ4n) is 3.17. The number of benzene rings is 1. The summed E-state index contributed by atoms with van der Waals surface area (Å²) in [5.74, 6) is -0.309. The summed E-state index contributed by atoms with van der Waals surface area (Å²) in [5.41, 5.74) is 2.56. The zero-order valence-electron chi connectivity index (χ0n) is 16.3. The molecule has 0 unspecified atom stereocenters. The van der Waals surface area contributed by atoms with Gasteiger partial charge in [-0.05, 0) is 24.1 Å². The van der Waals surface area contributed by atoms with Crippen molar-refractivity contribution < 1.29 is 4.79 Å². The largest absolute Gasteiger partial charge is 0.350 e. The third-order valence-corrected chi connectivity index (χ3v) is 4.88. The molecule has 1 amide bonds. The molecule has 0 saturated heterocycles. The van der Waals surface area contributed by atoms with Gasteiger partial charge in [0.15, 0.2) is 5.65 Å². The molecule has 0 radical (unpaired) electrons. The van der Waals surface area contributed by atoms with Crippen molar-refractivity contribution in [3.63, 3.8) is 0 Å². The smallest absolute Gasteiger partial charge is 0.264 e. The number of nitrogens with zero attached hydrogens (tertiary/aromatic N) is 4. The van der Waals surface area contributed by atoms with E-state index in [2.05, 4.69) is 20.4 Å². The number of hydrogen-bond acceptors (Lipinski definition) is 5. The van der Waals surface area contributed by atoms with Crippen molar-refractivity contribution in [1.82, 2.24) is 29.6 Å². The van der Waals surface area contributed by atoms with Gasteiger partial charge in [-0.15, -0.1) is 0 Å². The Morgan fingerprint density at radius 1 is 1.17 bits per heavy atom. The Balaban J connectivity index is 1.47. The number of carbonyl (C=O) groups is 1. The highest BCUT2D eigenvalue weighted by Gasteiger charge is 2.11. The van der Waals surface area contributed by atoms with Crippen molar-refractivity contribution in [2.45, 2.75) is 20.0 Å². The van der Waals surface area contributed by atoms with Crippen LogP contribution in [0.1, 0.15) is 21.5 Å². The highest BCUT2D eigenvalue weighted by atomic mass is 16.2. The number of H-pyrrole nitrogens is 1. The van der Waals surface area contributed by atoms with Crippen LogP contribution >= 0.6 is 0 Å². The van der Waals surface area contributed by atoms with Gasteiger partial charge < -0.3 is 10.3 Å². The number of fused-ring (bicyclic) bond motifs is 1. The van der Waals surface area contributed by atoms with Gasteiger partial charge in [-0.2, -0.15) is 5.10 Å². The summed E-state index contributed by atoms with van der Waals surface area (Å²) in [6, 6.07) is 10.6. The predicted octanol–water partition coefficient (Wildman–Crippen LogP) is 1.07. The van der Waals surface area contributed by atoms with Gasteiger partial charge in [0.25, 0.3) is 11.5 Å². The van der Waals surface area contributed by atoms with Gasteiger partial charge in [0.2, 0.25) is 5.56 Å². The lowest BCUT2D eigenvalue weighted by Crippen LogP contribution is -2.28. The summed E-state index contributed by atoms with van der Waals surface area (Å²) in [7, 11) is 0. The quantitative estimate of drug-likeness (QED) is 0.499. The summed E-state index contributed by atoms with van der Waals surface area (Å²) in [4.78, 5) is 42.9. The molecule has 9 heteroatoms. The molecule has 0 fully saturated rings. The van der Waals surface area contributed by atoms with Gasteiger partial charge >= 0.3 is 0 Å². The standard InChI is InChI=1S/C21H20N6O3/c1-14-4-2-3-5-16(14)12-26-13-24-19-17(21(26)30)11-25-27(19)9-8-22-20(29)15-6-7-18(28)23-10-15/h2-7,10-11,13H,8-9,12H2,1H3,(H,22,29)(H,23,28). The number of pyridine rings is 1. The third-order valence-electron chi connectivity index (χ3n) is 4.88. The normalized spacial score (nSPS) is 11.0. The SMILES string of the molecule is Cc1ccccc1Cn1cnc2c(cnn2CCNC(=O)c2ccc(=O)[nH]c2)c1=O. The molecule has 0 aliphatic carbocycles. The molecule has 1 aromatic carbocycles. The molecule has 0 aliphatic heterocycles. The fourth-order valence-corrected chi connectivity index (χ4v) is 3.17. The number of carbonyl (C=O) groups excluding carboxylic acids is 1. The maximum Gasteiger partial charge on any atom is 0.264 e. The van der Waals surface area contributed by atoms with E-state index in [0.29, 0.717) is 36.2 Å². The van der Waals surface area contributed by atoms with Gasteiger partial charge in [-0.25, -0.2) is 9.67 Å². The first-order chi connectivity index (χ1) is 14.5. The van der Waals surface area contributed by atoms with Crippen molar-refractivity contribution in [2.24, 2.45) is 0 Å². The number of aromatic nitrogens is 5. The molecular weight excluding hydrogens is 384 g/mol. The van der Waals surface area contributed by atoms with Crippen LogP contribution in [-0.2, 0) is 13.1 Å². The minimum absolute atomic E-state index is 0.160.